The summed E-state index contributed by atoms with van der Waals surface area (Å²) >= 11 is 0. The van der Waals surface area contributed by atoms with Gasteiger partial charge in [-0.2, -0.15) is 0 Å². The second-order valence-electron chi connectivity index (χ2n) is 6.27. The molecule has 2 rings (SSSR count). The van der Waals surface area contributed by atoms with E-state index in [1.54, 1.807) is 0 Å². The number of piperidine rings is 1. The molecule has 2 aliphatic rings. The number of allylic oxidation sites excluding steroid dienone is 1. The third kappa shape index (κ3) is 4.57. The highest BCUT2D eigenvalue weighted by atomic mass is 16.5. The zero-order valence-corrected chi connectivity index (χ0v) is 13.8. The number of likely N-dealkylation sites (N-methyl/N-ethyl adjacent to an activating group) is 1. The maximum Gasteiger partial charge on any atom is 0.310 e. The summed E-state index contributed by atoms with van der Waals surface area (Å²) in [6, 6.07) is 0.364. The monoisotopic (exact) mass is 308 g/mol. The van der Waals surface area contributed by atoms with Gasteiger partial charge in [-0.05, 0) is 46.1 Å². The molecule has 0 radical (unpaired) electrons. The van der Waals surface area contributed by atoms with Crippen LogP contribution in [0.3, 0.4) is 0 Å². The molecule has 1 aliphatic carbocycles. The quantitative estimate of drug-likeness (QED) is 0.574. The Balaban J connectivity index is 1.84. The van der Waals surface area contributed by atoms with Crippen molar-refractivity contribution in [1.29, 1.82) is 0 Å². The van der Waals surface area contributed by atoms with Crippen LogP contribution in [0.4, 0.5) is 0 Å². The molecule has 124 valence electrons. The Morgan fingerprint density at radius 1 is 1.32 bits per heavy atom. The van der Waals surface area contributed by atoms with E-state index in [2.05, 4.69) is 17.1 Å². The minimum atomic E-state index is -0.163. The fraction of sp³-hybridized carbons (Fsp3) is 0.765. The van der Waals surface area contributed by atoms with Crippen LogP contribution >= 0.6 is 0 Å². The first kappa shape index (κ1) is 17.0. The number of carbonyl (C=O) groups is 2. The number of esters is 1. The zero-order chi connectivity index (χ0) is 15.9. The van der Waals surface area contributed by atoms with Crippen LogP contribution in [0.1, 0.15) is 39.0 Å². The fourth-order valence-corrected chi connectivity index (χ4v) is 3.25. The van der Waals surface area contributed by atoms with E-state index in [-0.39, 0.29) is 17.8 Å². The number of rotatable bonds is 5. The minimum absolute atomic E-state index is 0.121. The highest BCUT2D eigenvalue weighted by Gasteiger charge is 2.30. The van der Waals surface area contributed by atoms with E-state index in [1.807, 2.05) is 18.9 Å². The molecule has 0 bridgehead atoms. The molecule has 0 aromatic carbocycles. The van der Waals surface area contributed by atoms with E-state index < -0.39 is 0 Å². The third-order valence-corrected chi connectivity index (χ3v) is 4.57. The lowest BCUT2D eigenvalue weighted by molar-refractivity contribution is -0.151. The van der Waals surface area contributed by atoms with Crippen molar-refractivity contribution in [2.24, 2.45) is 5.92 Å². The van der Waals surface area contributed by atoms with Crippen molar-refractivity contribution in [3.8, 4) is 0 Å². The smallest absolute Gasteiger partial charge is 0.310 e. The normalized spacial score (nSPS) is 25.3. The van der Waals surface area contributed by atoms with Gasteiger partial charge in [0.2, 0.25) is 5.91 Å². The van der Waals surface area contributed by atoms with Gasteiger partial charge in [-0.15, -0.1) is 0 Å². The first-order valence-corrected chi connectivity index (χ1v) is 8.43. The van der Waals surface area contributed by atoms with Crippen LogP contribution in [0.2, 0.25) is 0 Å². The van der Waals surface area contributed by atoms with Crippen LogP contribution in [0.25, 0.3) is 0 Å². The minimum Gasteiger partial charge on any atom is -0.466 e. The lowest BCUT2D eigenvalue weighted by Gasteiger charge is -2.34. The number of ether oxygens (including phenoxy) is 1. The predicted octanol–water partition coefficient (Wildman–Crippen LogP) is 1.83. The Morgan fingerprint density at radius 2 is 2.14 bits per heavy atom. The van der Waals surface area contributed by atoms with E-state index in [4.69, 9.17) is 4.74 Å². The van der Waals surface area contributed by atoms with Crippen LogP contribution in [0, 0.1) is 5.92 Å². The van der Waals surface area contributed by atoms with E-state index >= 15 is 0 Å². The van der Waals surface area contributed by atoms with Gasteiger partial charge in [-0.25, -0.2) is 0 Å². The van der Waals surface area contributed by atoms with Gasteiger partial charge in [0.25, 0.3) is 0 Å². The molecule has 0 saturated carbocycles. The highest BCUT2D eigenvalue weighted by molar-refractivity contribution is 5.80. The molecule has 1 saturated heterocycles. The molecule has 2 atom stereocenters. The predicted molar refractivity (Wildman–Crippen MR) is 85.3 cm³/mol. The number of amides is 1. The number of hydrogen-bond donors (Lipinski definition) is 0. The Kier molecular flexibility index (Phi) is 6.43. The SMILES string of the molecule is CCOC(=O)[C@H]1CCCN(C(=O)CN(C)[C@@H]2C=CCCC2)C1. The van der Waals surface area contributed by atoms with Crippen LogP contribution in [0.5, 0.6) is 0 Å². The van der Waals surface area contributed by atoms with Crippen LogP contribution in [-0.2, 0) is 14.3 Å². The summed E-state index contributed by atoms with van der Waals surface area (Å²) in [5.74, 6) is -0.198. The van der Waals surface area contributed by atoms with Gasteiger partial charge in [0.05, 0.1) is 19.1 Å². The molecule has 0 spiro atoms. The molecule has 0 aromatic heterocycles. The van der Waals surface area contributed by atoms with Crippen LogP contribution < -0.4 is 0 Å². The summed E-state index contributed by atoms with van der Waals surface area (Å²) in [5, 5.41) is 0. The molecule has 1 heterocycles. The summed E-state index contributed by atoms with van der Waals surface area (Å²) in [6.07, 6.45) is 9.55. The summed E-state index contributed by atoms with van der Waals surface area (Å²) in [5.41, 5.74) is 0. The van der Waals surface area contributed by atoms with Gasteiger partial charge >= 0.3 is 5.97 Å². The Labute approximate surface area is 133 Å². The van der Waals surface area contributed by atoms with Gasteiger partial charge in [0.15, 0.2) is 0 Å². The molecule has 5 heteroatoms. The summed E-state index contributed by atoms with van der Waals surface area (Å²) < 4.78 is 5.09. The Morgan fingerprint density at radius 3 is 2.82 bits per heavy atom. The molecule has 22 heavy (non-hydrogen) atoms. The molecule has 1 amide bonds. The maximum atomic E-state index is 12.5. The fourth-order valence-electron chi connectivity index (χ4n) is 3.25. The topological polar surface area (TPSA) is 49.9 Å². The molecule has 0 N–H and O–H groups in total. The number of likely N-dealkylation sites (tertiary alicyclic amines) is 1. The summed E-state index contributed by atoms with van der Waals surface area (Å²) in [6.45, 7) is 3.90. The number of hydrogen-bond acceptors (Lipinski definition) is 4. The van der Waals surface area contributed by atoms with Crippen molar-refractivity contribution >= 4 is 11.9 Å². The highest BCUT2D eigenvalue weighted by Crippen LogP contribution is 2.19. The van der Waals surface area contributed by atoms with Crippen molar-refractivity contribution in [3.05, 3.63) is 12.2 Å². The Hall–Kier alpha value is -1.36. The lowest BCUT2D eigenvalue weighted by atomic mass is 9.98. The first-order chi connectivity index (χ1) is 10.6. The molecule has 1 fully saturated rings. The van der Waals surface area contributed by atoms with Crippen LogP contribution in [0.15, 0.2) is 12.2 Å². The van der Waals surface area contributed by atoms with Gasteiger partial charge in [0, 0.05) is 19.1 Å². The van der Waals surface area contributed by atoms with Crippen molar-refractivity contribution in [2.75, 3.05) is 33.3 Å². The zero-order valence-electron chi connectivity index (χ0n) is 13.8. The van der Waals surface area contributed by atoms with Gasteiger partial charge in [-0.1, -0.05) is 12.2 Å². The van der Waals surface area contributed by atoms with E-state index in [0.717, 1.165) is 32.2 Å². The largest absolute Gasteiger partial charge is 0.466 e. The van der Waals surface area contributed by atoms with Gasteiger partial charge in [-0.3, -0.25) is 14.5 Å². The van der Waals surface area contributed by atoms with E-state index in [1.165, 1.54) is 6.42 Å². The average Bonchev–Trinajstić information content (AvgIpc) is 2.56. The molecule has 5 nitrogen and oxygen atoms in total. The van der Waals surface area contributed by atoms with Gasteiger partial charge in [0.1, 0.15) is 0 Å². The molecule has 1 aliphatic heterocycles. The van der Waals surface area contributed by atoms with Crippen molar-refractivity contribution < 1.29 is 14.3 Å². The second-order valence-corrected chi connectivity index (χ2v) is 6.27. The molecule has 0 aromatic rings. The maximum absolute atomic E-state index is 12.5. The van der Waals surface area contributed by atoms with Crippen molar-refractivity contribution in [3.63, 3.8) is 0 Å². The molecular formula is C17H28N2O3. The van der Waals surface area contributed by atoms with Gasteiger partial charge < -0.3 is 9.64 Å². The summed E-state index contributed by atoms with van der Waals surface area (Å²) in [4.78, 5) is 28.3. The average molecular weight is 308 g/mol. The number of nitrogens with zero attached hydrogens (tertiary/aromatic N) is 2. The standard InChI is InChI=1S/C17H28N2O3/c1-3-22-17(21)14-8-7-11-19(12-14)16(20)13-18(2)15-9-5-4-6-10-15/h5,9,14-15H,3-4,6-8,10-13H2,1-2H3/t14-,15+/m0/s1. The second kappa shape index (κ2) is 8.32. The van der Waals surface area contributed by atoms with E-state index in [9.17, 15) is 9.59 Å². The number of carbonyl (C=O) groups excluding carboxylic acids is 2. The van der Waals surface area contributed by atoms with Crippen molar-refractivity contribution in [2.45, 2.75) is 45.1 Å². The molecule has 0 unspecified atom stereocenters. The van der Waals surface area contributed by atoms with E-state index in [0.29, 0.717) is 25.7 Å². The van der Waals surface area contributed by atoms with Crippen molar-refractivity contribution in [1.82, 2.24) is 9.80 Å². The third-order valence-electron chi connectivity index (χ3n) is 4.57. The Bertz CT molecular complexity index is 422. The molecular weight excluding hydrogens is 280 g/mol. The summed E-state index contributed by atoms with van der Waals surface area (Å²) in [7, 11) is 2.00. The first-order valence-electron chi connectivity index (χ1n) is 8.43. The van der Waals surface area contributed by atoms with Crippen LogP contribution in [-0.4, -0.2) is 61.0 Å². The lowest BCUT2D eigenvalue weighted by Crippen LogP contribution is -2.47.